The Morgan fingerprint density at radius 3 is 2.35 bits per heavy atom. The van der Waals surface area contributed by atoms with E-state index in [1.54, 1.807) is 0 Å². The standard InChI is InChI=1S/C19H23N/c1-13-5-7-14(8-6-13)18-12-15-11-16(19(2,3)4)9-10-17(15)20-18/h5-11,18,20H,12H2,1-4H3. The van der Waals surface area contributed by atoms with Crippen LogP contribution in [0.3, 0.4) is 0 Å². The first-order valence-corrected chi connectivity index (χ1v) is 7.40. The molecule has 1 aliphatic heterocycles. The van der Waals surface area contributed by atoms with Crippen LogP contribution in [0.25, 0.3) is 0 Å². The monoisotopic (exact) mass is 265 g/mol. The fourth-order valence-corrected chi connectivity index (χ4v) is 2.83. The molecule has 0 aromatic heterocycles. The van der Waals surface area contributed by atoms with Crippen LogP contribution in [0.2, 0.25) is 0 Å². The molecule has 0 saturated carbocycles. The third kappa shape index (κ3) is 2.45. The van der Waals surface area contributed by atoms with Gasteiger partial charge < -0.3 is 5.32 Å². The lowest BCUT2D eigenvalue weighted by Gasteiger charge is -2.19. The summed E-state index contributed by atoms with van der Waals surface area (Å²) in [5, 5.41) is 3.65. The predicted octanol–water partition coefficient (Wildman–Crippen LogP) is 5.00. The van der Waals surface area contributed by atoms with Gasteiger partial charge in [0.25, 0.3) is 0 Å². The van der Waals surface area contributed by atoms with E-state index in [1.807, 2.05) is 0 Å². The maximum Gasteiger partial charge on any atom is 0.0555 e. The summed E-state index contributed by atoms with van der Waals surface area (Å²) in [6, 6.07) is 16.2. The first-order valence-electron chi connectivity index (χ1n) is 7.40. The molecule has 1 heterocycles. The van der Waals surface area contributed by atoms with Crippen LogP contribution in [-0.2, 0) is 11.8 Å². The molecule has 3 rings (SSSR count). The van der Waals surface area contributed by atoms with Crippen LogP contribution in [0.15, 0.2) is 42.5 Å². The van der Waals surface area contributed by atoms with E-state index in [1.165, 1.54) is 27.9 Å². The molecule has 0 fully saturated rings. The molecule has 1 N–H and O–H groups in total. The average molecular weight is 265 g/mol. The Bertz CT molecular complexity index is 617. The quantitative estimate of drug-likeness (QED) is 0.765. The minimum Gasteiger partial charge on any atom is -0.378 e. The van der Waals surface area contributed by atoms with Crippen molar-refractivity contribution < 1.29 is 0 Å². The molecule has 1 atom stereocenters. The topological polar surface area (TPSA) is 12.0 Å². The van der Waals surface area contributed by atoms with Crippen molar-refractivity contribution >= 4 is 5.69 Å². The van der Waals surface area contributed by atoms with Gasteiger partial charge in [0, 0.05) is 5.69 Å². The van der Waals surface area contributed by atoms with Crippen LogP contribution < -0.4 is 5.32 Å². The van der Waals surface area contributed by atoms with Gasteiger partial charge in [0.05, 0.1) is 6.04 Å². The molecule has 0 aliphatic carbocycles. The maximum absolute atomic E-state index is 3.65. The van der Waals surface area contributed by atoms with Crippen LogP contribution in [0.5, 0.6) is 0 Å². The highest BCUT2D eigenvalue weighted by Crippen LogP contribution is 2.36. The zero-order valence-corrected chi connectivity index (χ0v) is 12.8. The molecule has 20 heavy (non-hydrogen) atoms. The number of benzene rings is 2. The van der Waals surface area contributed by atoms with Crippen molar-refractivity contribution in [2.45, 2.75) is 45.6 Å². The van der Waals surface area contributed by atoms with E-state index in [2.05, 4.69) is 75.5 Å². The molecule has 0 spiro atoms. The second-order valence-electron chi connectivity index (χ2n) is 6.93. The number of fused-ring (bicyclic) bond motifs is 1. The van der Waals surface area contributed by atoms with Crippen molar-refractivity contribution in [3.05, 3.63) is 64.7 Å². The zero-order chi connectivity index (χ0) is 14.3. The molecule has 0 radical (unpaired) electrons. The second kappa shape index (κ2) is 4.66. The Kier molecular flexibility index (Phi) is 3.08. The fourth-order valence-electron chi connectivity index (χ4n) is 2.83. The summed E-state index contributed by atoms with van der Waals surface area (Å²) in [6.45, 7) is 8.95. The number of hydrogen-bond acceptors (Lipinski definition) is 1. The number of nitrogens with one attached hydrogen (secondary N) is 1. The van der Waals surface area contributed by atoms with Crippen LogP contribution >= 0.6 is 0 Å². The van der Waals surface area contributed by atoms with E-state index in [0.717, 1.165) is 6.42 Å². The van der Waals surface area contributed by atoms with Crippen molar-refractivity contribution in [3.63, 3.8) is 0 Å². The van der Waals surface area contributed by atoms with E-state index in [4.69, 9.17) is 0 Å². The van der Waals surface area contributed by atoms with Crippen LogP contribution in [-0.4, -0.2) is 0 Å². The smallest absolute Gasteiger partial charge is 0.0555 e. The molecule has 104 valence electrons. The molecule has 0 amide bonds. The molecular formula is C19H23N. The van der Waals surface area contributed by atoms with Gasteiger partial charge in [-0.15, -0.1) is 0 Å². The highest BCUT2D eigenvalue weighted by atomic mass is 14.9. The largest absolute Gasteiger partial charge is 0.378 e. The molecule has 1 nitrogen and oxygen atoms in total. The first-order chi connectivity index (χ1) is 9.43. The number of hydrogen-bond donors (Lipinski definition) is 1. The Hall–Kier alpha value is -1.76. The lowest BCUT2D eigenvalue weighted by Crippen LogP contribution is -2.10. The molecule has 0 saturated heterocycles. The van der Waals surface area contributed by atoms with Gasteiger partial charge >= 0.3 is 0 Å². The summed E-state index contributed by atoms with van der Waals surface area (Å²) in [4.78, 5) is 0. The van der Waals surface area contributed by atoms with Crippen LogP contribution in [0.4, 0.5) is 5.69 Å². The summed E-state index contributed by atoms with van der Waals surface area (Å²) in [6.07, 6.45) is 1.09. The molecule has 1 heteroatoms. The van der Waals surface area contributed by atoms with Gasteiger partial charge in [-0.05, 0) is 41.5 Å². The summed E-state index contributed by atoms with van der Waals surface area (Å²) in [5.41, 5.74) is 7.08. The third-order valence-corrected chi connectivity index (χ3v) is 4.20. The van der Waals surface area contributed by atoms with Crippen LogP contribution in [0, 0.1) is 6.92 Å². The molecule has 1 aliphatic rings. The van der Waals surface area contributed by atoms with E-state index < -0.39 is 0 Å². The van der Waals surface area contributed by atoms with Crippen molar-refractivity contribution in [2.24, 2.45) is 0 Å². The molecule has 0 bridgehead atoms. The predicted molar refractivity (Wildman–Crippen MR) is 86.4 cm³/mol. The molecule has 2 aromatic rings. The van der Waals surface area contributed by atoms with Gasteiger partial charge in [-0.2, -0.15) is 0 Å². The second-order valence-corrected chi connectivity index (χ2v) is 6.93. The van der Waals surface area contributed by atoms with E-state index in [0.29, 0.717) is 6.04 Å². The van der Waals surface area contributed by atoms with Crippen molar-refractivity contribution in [2.75, 3.05) is 5.32 Å². The SMILES string of the molecule is Cc1ccc(C2Cc3cc(C(C)(C)C)ccc3N2)cc1. The van der Waals surface area contributed by atoms with Crippen molar-refractivity contribution in [1.29, 1.82) is 0 Å². The lowest BCUT2D eigenvalue weighted by atomic mass is 9.85. The van der Waals surface area contributed by atoms with Gasteiger partial charge in [0.1, 0.15) is 0 Å². The van der Waals surface area contributed by atoms with Gasteiger partial charge in [-0.25, -0.2) is 0 Å². The van der Waals surface area contributed by atoms with Gasteiger partial charge in [-0.1, -0.05) is 62.7 Å². The highest BCUT2D eigenvalue weighted by Gasteiger charge is 2.24. The Morgan fingerprint density at radius 1 is 1.00 bits per heavy atom. The Labute approximate surface area is 122 Å². The number of aryl methyl sites for hydroxylation is 1. The first kappa shape index (κ1) is 13.2. The number of anilines is 1. The average Bonchev–Trinajstić information content (AvgIpc) is 2.81. The van der Waals surface area contributed by atoms with Gasteiger partial charge in [-0.3, -0.25) is 0 Å². The Morgan fingerprint density at radius 2 is 1.70 bits per heavy atom. The Balaban J connectivity index is 1.87. The number of rotatable bonds is 1. The molecular weight excluding hydrogens is 242 g/mol. The molecule has 2 aromatic carbocycles. The minimum atomic E-state index is 0.219. The van der Waals surface area contributed by atoms with E-state index >= 15 is 0 Å². The van der Waals surface area contributed by atoms with Crippen LogP contribution in [0.1, 0.15) is 49.1 Å². The van der Waals surface area contributed by atoms with E-state index in [9.17, 15) is 0 Å². The summed E-state index contributed by atoms with van der Waals surface area (Å²) >= 11 is 0. The fraction of sp³-hybridized carbons (Fsp3) is 0.368. The van der Waals surface area contributed by atoms with E-state index in [-0.39, 0.29) is 5.41 Å². The zero-order valence-electron chi connectivity index (χ0n) is 12.8. The van der Waals surface area contributed by atoms with Crippen molar-refractivity contribution in [1.82, 2.24) is 0 Å². The minimum absolute atomic E-state index is 0.219. The lowest BCUT2D eigenvalue weighted by molar-refractivity contribution is 0.589. The van der Waals surface area contributed by atoms with Gasteiger partial charge in [0.2, 0.25) is 0 Å². The summed E-state index contributed by atoms with van der Waals surface area (Å²) in [5.74, 6) is 0. The highest BCUT2D eigenvalue weighted by molar-refractivity contribution is 5.60. The third-order valence-electron chi connectivity index (χ3n) is 4.20. The summed E-state index contributed by atoms with van der Waals surface area (Å²) in [7, 11) is 0. The van der Waals surface area contributed by atoms with Crippen molar-refractivity contribution in [3.8, 4) is 0 Å². The summed E-state index contributed by atoms with van der Waals surface area (Å²) < 4.78 is 0. The normalized spacial score (nSPS) is 17.7. The molecule has 1 unspecified atom stereocenters. The van der Waals surface area contributed by atoms with Gasteiger partial charge in [0.15, 0.2) is 0 Å². The maximum atomic E-state index is 3.65.